The molecule has 29 heavy (non-hydrogen) atoms. The van der Waals surface area contributed by atoms with Gasteiger partial charge in [0.1, 0.15) is 0 Å². The number of hydrogen-bond donors (Lipinski definition) is 0. The molecule has 3 nitrogen and oxygen atoms in total. The lowest BCUT2D eigenvalue weighted by atomic mass is 9.83. The topological polar surface area (TPSA) is 21.1 Å². The van der Waals surface area contributed by atoms with E-state index in [0.717, 1.165) is 14.0 Å². The molecule has 0 amide bonds. The Hall–Kier alpha value is -2.74. The van der Waals surface area contributed by atoms with Gasteiger partial charge in [-0.1, -0.05) is 85.8 Å². The molecular weight excluding hydrogens is 373 g/mol. The summed E-state index contributed by atoms with van der Waals surface area (Å²) in [6, 6.07) is 32.7. The van der Waals surface area contributed by atoms with Gasteiger partial charge < -0.3 is 0 Å². The molecule has 3 aromatic carbocycles. The number of para-hydroxylation sites is 1. The van der Waals surface area contributed by atoms with E-state index >= 15 is 0 Å². The summed E-state index contributed by atoms with van der Waals surface area (Å²) in [7, 11) is 3.41. The molecule has 0 saturated carbocycles. The standard InChI is InChI=1S/C25H24N3P/c1-18-22-25(29-28(26-22)21-16-10-5-11-17-21)24(20-14-8-4-9-15-20)27(2)23(18)19-12-6-3-7-13-19/h3-18,23-24H,1-2H3/t18-,23-,24-/m0/s1. The number of likely N-dealkylation sites (N-methyl/N-ethyl adjacent to an activating group) is 1. The van der Waals surface area contributed by atoms with Crippen molar-refractivity contribution in [2.45, 2.75) is 24.9 Å². The van der Waals surface area contributed by atoms with E-state index in [-0.39, 0.29) is 12.1 Å². The van der Waals surface area contributed by atoms with Crippen LogP contribution in [0.15, 0.2) is 91.0 Å². The maximum Gasteiger partial charge on any atom is 0.0776 e. The summed E-state index contributed by atoms with van der Waals surface area (Å²) in [4.78, 5) is 2.53. The summed E-state index contributed by atoms with van der Waals surface area (Å²) in [6.45, 7) is 2.32. The van der Waals surface area contributed by atoms with Gasteiger partial charge >= 0.3 is 0 Å². The minimum atomic E-state index is 0.215. The molecule has 2 heterocycles. The van der Waals surface area contributed by atoms with Gasteiger partial charge in [0, 0.05) is 25.6 Å². The van der Waals surface area contributed by atoms with Crippen LogP contribution in [-0.2, 0) is 0 Å². The number of rotatable bonds is 3. The molecule has 0 aliphatic carbocycles. The number of benzene rings is 3. The van der Waals surface area contributed by atoms with Crippen LogP contribution >= 0.6 is 8.35 Å². The summed E-state index contributed by atoms with van der Waals surface area (Å²) in [5.74, 6) is 0.318. The monoisotopic (exact) mass is 397 g/mol. The van der Waals surface area contributed by atoms with Crippen molar-refractivity contribution in [3.8, 4) is 5.69 Å². The average molecular weight is 397 g/mol. The van der Waals surface area contributed by atoms with Crippen molar-refractivity contribution in [3.05, 3.63) is 113 Å². The van der Waals surface area contributed by atoms with Crippen molar-refractivity contribution in [1.82, 2.24) is 14.4 Å². The maximum atomic E-state index is 5.12. The lowest BCUT2D eigenvalue weighted by molar-refractivity contribution is 0.158. The van der Waals surface area contributed by atoms with Gasteiger partial charge in [-0.05, 0) is 30.3 Å². The minimum Gasteiger partial charge on any atom is -0.287 e. The first-order chi connectivity index (χ1) is 14.2. The van der Waals surface area contributed by atoms with Crippen molar-refractivity contribution in [2.24, 2.45) is 0 Å². The zero-order valence-corrected chi connectivity index (χ0v) is 17.6. The smallest absolute Gasteiger partial charge is 0.0776 e. The first kappa shape index (κ1) is 18.3. The zero-order chi connectivity index (χ0) is 19.8. The minimum absolute atomic E-state index is 0.215. The second-order valence-corrected chi connectivity index (χ2v) is 8.78. The van der Waals surface area contributed by atoms with Crippen LogP contribution in [0.25, 0.3) is 5.69 Å². The average Bonchev–Trinajstić information content (AvgIpc) is 3.21. The molecule has 0 N–H and O–H groups in total. The van der Waals surface area contributed by atoms with Gasteiger partial charge in [0.15, 0.2) is 0 Å². The summed E-state index contributed by atoms with van der Waals surface area (Å²) in [5, 5.41) is 6.51. The highest BCUT2D eigenvalue weighted by atomic mass is 31.0. The molecule has 0 radical (unpaired) electrons. The van der Waals surface area contributed by atoms with Crippen LogP contribution < -0.4 is 0 Å². The van der Waals surface area contributed by atoms with E-state index in [4.69, 9.17) is 5.10 Å². The van der Waals surface area contributed by atoms with Crippen molar-refractivity contribution in [1.29, 1.82) is 0 Å². The molecule has 3 atom stereocenters. The molecule has 0 bridgehead atoms. The van der Waals surface area contributed by atoms with E-state index in [1.54, 1.807) is 0 Å². The van der Waals surface area contributed by atoms with Crippen molar-refractivity contribution in [2.75, 3.05) is 7.05 Å². The summed E-state index contributed by atoms with van der Waals surface area (Å²) >= 11 is 0. The highest BCUT2D eigenvalue weighted by Crippen LogP contribution is 2.51. The molecule has 5 rings (SSSR count). The molecule has 0 saturated heterocycles. The molecule has 0 unspecified atom stereocenters. The van der Waals surface area contributed by atoms with Gasteiger partial charge in [0.25, 0.3) is 0 Å². The van der Waals surface area contributed by atoms with Gasteiger partial charge in [-0.15, -0.1) is 0 Å². The predicted molar refractivity (Wildman–Crippen MR) is 120 cm³/mol. The van der Waals surface area contributed by atoms with Crippen LogP contribution in [0, 0.1) is 0 Å². The van der Waals surface area contributed by atoms with E-state index < -0.39 is 0 Å². The summed E-state index contributed by atoms with van der Waals surface area (Å²) < 4.78 is 2.14. The number of aromatic nitrogens is 2. The molecule has 0 spiro atoms. The normalized spacial score (nSPS) is 21.9. The Kier molecular flexibility index (Phi) is 4.79. The third-order valence-corrected chi connectivity index (χ3v) is 7.12. The van der Waals surface area contributed by atoms with E-state index in [1.165, 1.54) is 22.1 Å². The number of hydrogen-bond acceptors (Lipinski definition) is 2. The molecule has 0 fully saturated rings. The molecular formula is C25H24N3P. The van der Waals surface area contributed by atoms with Crippen LogP contribution in [0.2, 0.25) is 0 Å². The second-order valence-electron chi connectivity index (χ2n) is 7.72. The maximum absolute atomic E-state index is 5.12. The molecule has 1 aliphatic heterocycles. The van der Waals surface area contributed by atoms with Gasteiger partial charge in [-0.25, -0.2) is 4.44 Å². The number of fused-ring (bicyclic) bond motifs is 1. The van der Waals surface area contributed by atoms with E-state index in [0.29, 0.717) is 5.92 Å². The fourth-order valence-electron chi connectivity index (χ4n) is 4.58. The highest BCUT2D eigenvalue weighted by Gasteiger charge is 2.41. The Labute approximate surface area is 173 Å². The van der Waals surface area contributed by atoms with Crippen LogP contribution in [0.4, 0.5) is 0 Å². The molecule has 144 valence electrons. The lowest BCUT2D eigenvalue weighted by Gasteiger charge is -2.42. The lowest BCUT2D eigenvalue weighted by Crippen LogP contribution is -2.37. The Morgan fingerprint density at radius 3 is 1.93 bits per heavy atom. The first-order valence-corrected chi connectivity index (χ1v) is 10.9. The Balaban J connectivity index is 1.69. The zero-order valence-electron chi connectivity index (χ0n) is 16.7. The van der Waals surface area contributed by atoms with Crippen LogP contribution in [0.5, 0.6) is 0 Å². The Morgan fingerprint density at radius 2 is 1.31 bits per heavy atom. The van der Waals surface area contributed by atoms with Gasteiger partial charge in [-0.3, -0.25) is 4.90 Å². The van der Waals surface area contributed by atoms with Crippen molar-refractivity contribution < 1.29 is 0 Å². The highest BCUT2D eigenvalue weighted by molar-refractivity contribution is 7.27. The molecule has 1 aliphatic rings. The molecule has 1 aromatic heterocycles. The fraction of sp³-hybridized carbons (Fsp3) is 0.200. The third kappa shape index (κ3) is 3.21. The van der Waals surface area contributed by atoms with E-state index in [2.05, 4.69) is 114 Å². The van der Waals surface area contributed by atoms with Gasteiger partial charge in [0.2, 0.25) is 0 Å². The van der Waals surface area contributed by atoms with E-state index in [1.807, 2.05) is 0 Å². The van der Waals surface area contributed by atoms with Crippen LogP contribution in [-0.4, -0.2) is 21.5 Å². The Bertz CT molecular complexity index is 1090. The van der Waals surface area contributed by atoms with Crippen LogP contribution in [0.3, 0.4) is 0 Å². The van der Waals surface area contributed by atoms with Gasteiger partial charge in [-0.2, -0.15) is 5.10 Å². The second kappa shape index (κ2) is 7.59. The SMILES string of the molecule is C[C@H]1c2nn(-c3ccccc3)pc2[C@H](c2ccccc2)N(C)[C@@H]1c1ccccc1. The Morgan fingerprint density at radius 1 is 0.759 bits per heavy atom. The van der Waals surface area contributed by atoms with Crippen LogP contribution in [0.1, 0.15) is 47.0 Å². The number of nitrogens with zero attached hydrogens (tertiary/aromatic N) is 3. The van der Waals surface area contributed by atoms with Crippen molar-refractivity contribution in [3.63, 3.8) is 0 Å². The van der Waals surface area contributed by atoms with E-state index in [9.17, 15) is 0 Å². The third-order valence-electron chi connectivity index (χ3n) is 5.92. The van der Waals surface area contributed by atoms with Gasteiger partial charge in [0.05, 0.1) is 17.4 Å². The molecule has 4 aromatic rings. The largest absolute Gasteiger partial charge is 0.287 e. The fourth-order valence-corrected chi connectivity index (χ4v) is 5.97. The summed E-state index contributed by atoms with van der Waals surface area (Å²) in [6.07, 6.45) is 0. The quantitative estimate of drug-likeness (QED) is 0.403. The molecule has 4 heteroatoms. The van der Waals surface area contributed by atoms with Crippen molar-refractivity contribution >= 4 is 8.35 Å². The predicted octanol–water partition coefficient (Wildman–Crippen LogP) is 6.33. The summed E-state index contributed by atoms with van der Waals surface area (Å²) in [5.41, 5.74) is 5.05. The first-order valence-electron chi connectivity index (χ1n) is 10.1.